The highest BCUT2D eigenvalue weighted by Crippen LogP contribution is 2.32. The van der Waals surface area contributed by atoms with E-state index in [2.05, 4.69) is 71.5 Å². The Morgan fingerprint density at radius 2 is 2.00 bits per heavy atom. The molecular weight excluding hydrogens is 346 g/mol. The second-order valence-electron chi connectivity index (χ2n) is 4.69. The molecule has 112 valence electrons. The number of thioether (sulfide) groups is 1. The summed E-state index contributed by atoms with van der Waals surface area (Å²) >= 11 is 5.40. The summed E-state index contributed by atoms with van der Waals surface area (Å²) in [4.78, 5) is 1.29. The molecule has 1 atom stereocenters. The lowest BCUT2D eigenvalue weighted by molar-refractivity contribution is 0.412. The Kier molecular flexibility index (Phi) is 6.00. The van der Waals surface area contributed by atoms with Crippen molar-refractivity contribution in [1.82, 2.24) is 0 Å². The van der Waals surface area contributed by atoms with Gasteiger partial charge in [0.2, 0.25) is 0 Å². The predicted molar refractivity (Wildman–Crippen MR) is 95.6 cm³/mol. The minimum Gasteiger partial charge on any atom is -0.496 e. The molecule has 0 heterocycles. The maximum absolute atomic E-state index is 5.28. The summed E-state index contributed by atoms with van der Waals surface area (Å²) in [7, 11) is 1.68. The molecule has 0 saturated carbocycles. The fraction of sp³-hybridized carbons (Fsp3) is 0.294. The Morgan fingerprint density at radius 3 is 2.67 bits per heavy atom. The normalized spacial score (nSPS) is 12.0. The molecule has 0 saturated heterocycles. The molecule has 0 spiro atoms. The van der Waals surface area contributed by atoms with Crippen LogP contribution in [0, 0.1) is 0 Å². The fourth-order valence-electron chi connectivity index (χ4n) is 2.14. The Bertz CT molecular complexity index is 603. The number of hydrogen-bond donors (Lipinski definition) is 1. The van der Waals surface area contributed by atoms with E-state index in [1.54, 1.807) is 7.11 Å². The molecule has 2 aromatic carbocycles. The smallest absolute Gasteiger partial charge is 0.133 e. The first-order chi connectivity index (χ1) is 10.2. The third-order valence-electron chi connectivity index (χ3n) is 3.23. The third-order valence-corrected chi connectivity index (χ3v) is 4.81. The van der Waals surface area contributed by atoms with Crippen LogP contribution in [0.5, 0.6) is 5.75 Å². The lowest BCUT2D eigenvalue weighted by atomic mass is 10.1. The number of rotatable bonds is 6. The highest BCUT2D eigenvalue weighted by atomic mass is 79.9. The molecule has 0 aromatic heterocycles. The van der Waals surface area contributed by atoms with Crippen molar-refractivity contribution >= 4 is 33.4 Å². The number of anilines is 1. The van der Waals surface area contributed by atoms with E-state index in [0.29, 0.717) is 0 Å². The molecule has 1 N–H and O–H groups in total. The largest absolute Gasteiger partial charge is 0.496 e. The SMILES string of the molecule is CCSc1ccccc1NC(C)c1ccc(OC)c(Br)c1. The lowest BCUT2D eigenvalue weighted by Gasteiger charge is -2.19. The van der Waals surface area contributed by atoms with E-state index in [1.807, 2.05) is 17.8 Å². The van der Waals surface area contributed by atoms with Gasteiger partial charge in [-0.1, -0.05) is 25.1 Å². The Morgan fingerprint density at radius 1 is 1.24 bits per heavy atom. The van der Waals surface area contributed by atoms with E-state index in [-0.39, 0.29) is 6.04 Å². The van der Waals surface area contributed by atoms with Gasteiger partial charge in [0.1, 0.15) is 5.75 Å². The zero-order valence-corrected chi connectivity index (χ0v) is 14.9. The van der Waals surface area contributed by atoms with E-state index >= 15 is 0 Å². The average Bonchev–Trinajstić information content (AvgIpc) is 2.49. The van der Waals surface area contributed by atoms with Crippen LogP contribution in [0.25, 0.3) is 0 Å². The number of methoxy groups -OCH3 is 1. The van der Waals surface area contributed by atoms with E-state index in [1.165, 1.54) is 16.1 Å². The number of ether oxygens (including phenoxy) is 1. The summed E-state index contributed by atoms with van der Waals surface area (Å²) in [6, 6.07) is 14.9. The number of nitrogens with one attached hydrogen (secondary N) is 1. The molecule has 0 bridgehead atoms. The lowest BCUT2D eigenvalue weighted by Crippen LogP contribution is -2.07. The predicted octanol–water partition coefficient (Wildman–Crippen LogP) is 5.74. The molecule has 0 amide bonds. The van der Waals surface area contributed by atoms with Crippen LogP contribution in [0.4, 0.5) is 5.69 Å². The second-order valence-corrected chi connectivity index (χ2v) is 6.85. The molecular formula is C17H20BrNOS. The van der Waals surface area contributed by atoms with E-state index in [4.69, 9.17) is 4.74 Å². The van der Waals surface area contributed by atoms with Gasteiger partial charge in [0, 0.05) is 16.6 Å². The molecule has 2 rings (SSSR count). The van der Waals surface area contributed by atoms with E-state index in [0.717, 1.165) is 16.0 Å². The Balaban J connectivity index is 2.18. The van der Waals surface area contributed by atoms with Gasteiger partial charge in [-0.2, -0.15) is 0 Å². The van der Waals surface area contributed by atoms with Gasteiger partial charge in [-0.3, -0.25) is 0 Å². The van der Waals surface area contributed by atoms with Crippen molar-refractivity contribution in [1.29, 1.82) is 0 Å². The monoisotopic (exact) mass is 365 g/mol. The van der Waals surface area contributed by atoms with E-state index in [9.17, 15) is 0 Å². The van der Waals surface area contributed by atoms with Crippen LogP contribution in [0.3, 0.4) is 0 Å². The summed E-state index contributed by atoms with van der Waals surface area (Å²) < 4.78 is 6.26. The minimum absolute atomic E-state index is 0.228. The second kappa shape index (κ2) is 7.76. The van der Waals surface area contributed by atoms with Crippen molar-refractivity contribution in [3.05, 3.63) is 52.5 Å². The van der Waals surface area contributed by atoms with Crippen molar-refractivity contribution in [3.8, 4) is 5.75 Å². The van der Waals surface area contributed by atoms with Gasteiger partial charge < -0.3 is 10.1 Å². The molecule has 2 nitrogen and oxygen atoms in total. The standard InChI is InChI=1S/C17H20BrNOS/c1-4-21-17-8-6-5-7-15(17)19-12(2)13-9-10-16(20-3)14(18)11-13/h5-12,19H,4H2,1-3H3. The number of benzene rings is 2. The molecule has 0 aliphatic carbocycles. The number of hydrogen-bond acceptors (Lipinski definition) is 3. The maximum Gasteiger partial charge on any atom is 0.133 e. The first-order valence-electron chi connectivity index (χ1n) is 6.97. The Labute approximate surface area is 139 Å². The maximum atomic E-state index is 5.28. The van der Waals surface area contributed by atoms with Crippen molar-refractivity contribution in [2.45, 2.75) is 24.8 Å². The molecule has 0 aliphatic heterocycles. The Hall–Kier alpha value is -1.13. The van der Waals surface area contributed by atoms with Crippen LogP contribution in [-0.4, -0.2) is 12.9 Å². The average molecular weight is 366 g/mol. The quantitative estimate of drug-likeness (QED) is 0.659. The molecule has 1 unspecified atom stereocenters. The van der Waals surface area contributed by atoms with Crippen molar-refractivity contribution in [2.24, 2.45) is 0 Å². The van der Waals surface area contributed by atoms with Crippen molar-refractivity contribution in [3.63, 3.8) is 0 Å². The van der Waals surface area contributed by atoms with Crippen LogP contribution in [0.1, 0.15) is 25.5 Å². The summed E-state index contributed by atoms with van der Waals surface area (Å²) in [5.41, 5.74) is 2.41. The van der Waals surface area contributed by atoms with E-state index < -0.39 is 0 Å². The molecule has 0 fully saturated rings. The van der Waals surface area contributed by atoms with Gasteiger partial charge in [0.25, 0.3) is 0 Å². The summed E-state index contributed by atoms with van der Waals surface area (Å²) in [6.07, 6.45) is 0. The summed E-state index contributed by atoms with van der Waals surface area (Å²) in [5, 5.41) is 3.59. The molecule has 0 radical (unpaired) electrons. The fourth-order valence-corrected chi connectivity index (χ4v) is 3.46. The van der Waals surface area contributed by atoms with Crippen LogP contribution in [-0.2, 0) is 0 Å². The zero-order valence-electron chi connectivity index (χ0n) is 12.5. The van der Waals surface area contributed by atoms with Gasteiger partial charge in [0.05, 0.1) is 11.6 Å². The van der Waals surface area contributed by atoms with Crippen molar-refractivity contribution < 1.29 is 4.74 Å². The van der Waals surface area contributed by atoms with Crippen LogP contribution < -0.4 is 10.1 Å². The molecule has 2 aromatic rings. The van der Waals surface area contributed by atoms with Gasteiger partial charge in [-0.05, 0) is 58.4 Å². The van der Waals surface area contributed by atoms with Gasteiger partial charge >= 0.3 is 0 Å². The highest BCUT2D eigenvalue weighted by molar-refractivity contribution is 9.10. The number of para-hydroxylation sites is 1. The highest BCUT2D eigenvalue weighted by Gasteiger charge is 2.10. The first-order valence-corrected chi connectivity index (χ1v) is 8.75. The molecule has 4 heteroatoms. The van der Waals surface area contributed by atoms with Crippen LogP contribution >= 0.6 is 27.7 Å². The van der Waals surface area contributed by atoms with Gasteiger partial charge in [-0.25, -0.2) is 0 Å². The number of halogens is 1. The molecule has 0 aliphatic rings. The summed E-state index contributed by atoms with van der Waals surface area (Å²) in [5.74, 6) is 1.93. The van der Waals surface area contributed by atoms with Gasteiger partial charge in [-0.15, -0.1) is 11.8 Å². The molecule has 21 heavy (non-hydrogen) atoms. The topological polar surface area (TPSA) is 21.3 Å². The zero-order chi connectivity index (χ0) is 15.2. The first kappa shape index (κ1) is 16.2. The van der Waals surface area contributed by atoms with Crippen LogP contribution in [0.15, 0.2) is 51.8 Å². The summed E-state index contributed by atoms with van der Waals surface area (Å²) in [6.45, 7) is 4.34. The van der Waals surface area contributed by atoms with Crippen LogP contribution in [0.2, 0.25) is 0 Å². The van der Waals surface area contributed by atoms with Crippen molar-refractivity contribution in [2.75, 3.05) is 18.2 Å². The minimum atomic E-state index is 0.228. The van der Waals surface area contributed by atoms with Gasteiger partial charge in [0.15, 0.2) is 0 Å². The third kappa shape index (κ3) is 4.17.